The van der Waals surface area contributed by atoms with Gasteiger partial charge in [-0.15, -0.1) is 0 Å². The highest BCUT2D eigenvalue weighted by atomic mass is 16.5. The molecule has 0 fully saturated rings. The Morgan fingerprint density at radius 3 is 2.46 bits per heavy atom. The number of carbonyl (C=O) groups excluding carboxylic acids is 2. The third-order valence-electron chi connectivity index (χ3n) is 4.28. The van der Waals surface area contributed by atoms with Gasteiger partial charge in [-0.25, -0.2) is 0 Å². The molecule has 1 atom stereocenters. The first-order chi connectivity index (χ1) is 12.5. The van der Waals surface area contributed by atoms with Crippen LogP contribution in [0.25, 0.3) is 0 Å². The molecule has 1 N–H and O–H groups in total. The number of esters is 1. The van der Waals surface area contributed by atoms with E-state index in [0.717, 1.165) is 22.4 Å². The van der Waals surface area contributed by atoms with Crippen LogP contribution in [-0.4, -0.2) is 25.6 Å². The number of aryl methyl sites for hydroxylation is 1. The number of rotatable bonds is 8. The van der Waals surface area contributed by atoms with E-state index in [4.69, 9.17) is 9.47 Å². The largest absolute Gasteiger partial charge is 0.493 e. The van der Waals surface area contributed by atoms with E-state index in [-0.39, 0.29) is 31.3 Å². The minimum atomic E-state index is -0.420. The molecule has 0 spiro atoms. The smallest absolute Gasteiger partial charge is 0.307 e. The summed E-state index contributed by atoms with van der Waals surface area (Å²) in [5.41, 5.74) is 3.08. The second-order valence-electron chi connectivity index (χ2n) is 6.11. The monoisotopic (exact) mass is 355 g/mol. The predicted molar refractivity (Wildman–Crippen MR) is 100.0 cm³/mol. The summed E-state index contributed by atoms with van der Waals surface area (Å²) < 4.78 is 10.5. The molecule has 0 aliphatic rings. The summed E-state index contributed by atoms with van der Waals surface area (Å²) in [6, 6.07) is 14.8. The van der Waals surface area contributed by atoms with Crippen molar-refractivity contribution >= 4 is 11.9 Å². The first-order valence-electron chi connectivity index (χ1n) is 8.61. The molecule has 2 aromatic carbocycles. The van der Waals surface area contributed by atoms with E-state index in [2.05, 4.69) is 5.32 Å². The van der Waals surface area contributed by atoms with Gasteiger partial charge in [0.2, 0.25) is 5.91 Å². The lowest BCUT2D eigenvalue weighted by Gasteiger charge is -2.18. The van der Waals surface area contributed by atoms with Gasteiger partial charge in [-0.05, 0) is 36.6 Å². The zero-order valence-corrected chi connectivity index (χ0v) is 15.5. The molecule has 1 amide bonds. The van der Waals surface area contributed by atoms with Gasteiger partial charge in [-0.3, -0.25) is 9.59 Å². The fourth-order valence-electron chi connectivity index (χ4n) is 2.59. The SMILES string of the molecule is COC(=O)C[C@H](NC(=O)CCOc1cccc(C)c1C)c1ccccc1. The molecule has 0 unspecified atom stereocenters. The van der Waals surface area contributed by atoms with Crippen LogP contribution in [0.4, 0.5) is 0 Å². The Morgan fingerprint density at radius 2 is 1.77 bits per heavy atom. The third-order valence-corrected chi connectivity index (χ3v) is 4.28. The average molecular weight is 355 g/mol. The van der Waals surface area contributed by atoms with Gasteiger partial charge in [0.05, 0.1) is 32.6 Å². The number of benzene rings is 2. The van der Waals surface area contributed by atoms with Crippen molar-refractivity contribution in [1.29, 1.82) is 0 Å². The van der Waals surface area contributed by atoms with Crippen molar-refractivity contribution in [2.75, 3.05) is 13.7 Å². The van der Waals surface area contributed by atoms with Gasteiger partial charge >= 0.3 is 5.97 Å². The number of hydrogen-bond donors (Lipinski definition) is 1. The summed E-state index contributed by atoms with van der Waals surface area (Å²) in [5, 5.41) is 2.89. The summed E-state index contributed by atoms with van der Waals surface area (Å²) in [5.74, 6) is 0.242. The highest BCUT2D eigenvalue weighted by Crippen LogP contribution is 2.21. The van der Waals surface area contributed by atoms with E-state index in [1.807, 2.05) is 62.4 Å². The van der Waals surface area contributed by atoms with E-state index in [0.29, 0.717) is 0 Å². The molecule has 0 aromatic heterocycles. The Bertz CT molecular complexity index is 743. The second kappa shape index (κ2) is 9.61. The van der Waals surface area contributed by atoms with Crippen molar-refractivity contribution in [3.05, 3.63) is 65.2 Å². The van der Waals surface area contributed by atoms with E-state index in [1.165, 1.54) is 7.11 Å². The molecular formula is C21H25NO4. The van der Waals surface area contributed by atoms with E-state index in [1.54, 1.807) is 0 Å². The lowest BCUT2D eigenvalue weighted by atomic mass is 10.0. The number of ether oxygens (including phenoxy) is 2. The number of methoxy groups -OCH3 is 1. The summed E-state index contributed by atoms with van der Waals surface area (Å²) >= 11 is 0. The van der Waals surface area contributed by atoms with Gasteiger partial charge in [0.1, 0.15) is 5.75 Å². The molecule has 0 aliphatic carbocycles. The van der Waals surface area contributed by atoms with Crippen molar-refractivity contribution in [3.8, 4) is 5.75 Å². The number of carbonyl (C=O) groups is 2. The molecule has 0 saturated carbocycles. The average Bonchev–Trinajstić information content (AvgIpc) is 2.65. The lowest BCUT2D eigenvalue weighted by Crippen LogP contribution is -2.31. The zero-order valence-electron chi connectivity index (χ0n) is 15.5. The van der Waals surface area contributed by atoms with Gasteiger partial charge < -0.3 is 14.8 Å². The van der Waals surface area contributed by atoms with Crippen molar-refractivity contribution in [2.24, 2.45) is 0 Å². The molecule has 0 radical (unpaired) electrons. The van der Waals surface area contributed by atoms with Gasteiger partial charge in [0.25, 0.3) is 0 Å². The van der Waals surface area contributed by atoms with Crippen LogP contribution < -0.4 is 10.1 Å². The highest BCUT2D eigenvalue weighted by molar-refractivity contribution is 5.78. The quantitative estimate of drug-likeness (QED) is 0.736. The molecule has 26 heavy (non-hydrogen) atoms. The maximum atomic E-state index is 12.3. The predicted octanol–water partition coefficient (Wildman–Crippen LogP) is 3.49. The number of nitrogens with one attached hydrogen (secondary N) is 1. The lowest BCUT2D eigenvalue weighted by molar-refractivity contribution is -0.141. The summed E-state index contributed by atoms with van der Waals surface area (Å²) in [6.45, 7) is 4.29. The van der Waals surface area contributed by atoms with Crippen molar-refractivity contribution in [1.82, 2.24) is 5.32 Å². The minimum absolute atomic E-state index is 0.0874. The molecule has 0 heterocycles. The first-order valence-corrected chi connectivity index (χ1v) is 8.61. The van der Waals surface area contributed by atoms with E-state index >= 15 is 0 Å². The molecule has 2 rings (SSSR count). The molecule has 5 heteroatoms. The Kier molecular flexibility index (Phi) is 7.21. The van der Waals surface area contributed by atoms with Crippen LogP contribution in [0.5, 0.6) is 5.75 Å². The van der Waals surface area contributed by atoms with Crippen LogP contribution >= 0.6 is 0 Å². The molecule has 0 aliphatic heterocycles. The minimum Gasteiger partial charge on any atom is -0.493 e. The normalized spacial score (nSPS) is 11.5. The summed E-state index contributed by atoms with van der Waals surface area (Å²) in [6.07, 6.45) is 0.294. The molecule has 0 bridgehead atoms. The Hall–Kier alpha value is -2.82. The molecular weight excluding hydrogens is 330 g/mol. The summed E-state index contributed by atoms with van der Waals surface area (Å²) in [7, 11) is 1.34. The fourth-order valence-corrected chi connectivity index (χ4v) is 2.59. The van der Waals surface area contributed by atoms with Crippen molar-refractivity contribution in [2.45, 2.75) is 32.7 Å². The molecule has 0 saturated heterocycles. The Morgan fingerprint density at radius 1 is 1.04 bits per heavy atom. The van der Waals surface area contributed by atoms with Crippen LogP contribution in [0.3, 0.4) is 0 Å². The maximum absolute atomic E-state index is 12.3. The summed E-state index contributed by atoms with van der Waals surface area (Å²) in [4.78, 5) is 23.9. The highest BCUT2D eigenvalue weighted by Gasteiger charge is 2.18. The Balaban J connectivity index is 1.92. The van der Waals surface area contributed by atoms with Crippen LogP contribution in [0, 0.1) is 13.8 Å². The Labute approximate surface area is 154 Å². The van der Waals surface area contributed by atoms with Gasteiger partial charge in [0, 0.05) is 0 Å². The van der Waals surface area contributed by atoms with Crippen LogP contribution in [0.1, 0.15) is 35.6 Å². The maximum Gasteiger partial charge on any atom is 0.307 e. The molecule has 2 aromatic rings. The zero-order chi connectivity index (χ0) is 18.9. The second-order valence-corrected chi connectivity index (χ2v) is 6.11. The fraction of sp³-hybridized carbons (Fsp3) is 0.333. The molecule has 138 valence electrons. The number of hydrogen-bond acceptors (Lipinski definition) is 4. The standard InChI is InChI=1S/C21H25NO4/c1-15-8-7-11-19(16(15)2)26-13-12-20(23)22-18(14-21(24)25-3)17-9-5-4-6-10-17/h4-11,18H,12-14H2,1-3H3,(H,22,23)/t18-/m0/s1. The van der Waals surface area contributed by atoms with E-state index < -0.39 is 6.04 Å². The van der Waals surface area contributed by atoms with Crippen LogP contribution in [0.2, 0.25) is 0 Å². The first kappa shape index (κ1) is 19.5. The third kappa shape index (κ3) is 5.62. The number of amides is 1. The van der Waals surface area contributed by atoms with Crippen LogP contribution in [-0.2, 0) is 14.3 Å². The van der Waals surface area contributed by atoms with Gasteiger partial charge in [0.15, 0.2) is 0 Å². The van der Waals surface area contributed by atoms with Crippen molar-refractivity contribution in [3.63, 3.8) is 0 Å². The van der Waals surface area contributed by atoms with Gasteiger partial charge in [-0.2, -0.15) is 0 Å². The van der Waals surface area contributed by atoms with Gasteiger partial charge in [-0.1, -0.05) is 42.5 Å². The van der Waals surface area contributed by atoms with E-state index in [9.17, 15) is 9.59 Å². The molecule has 5 nitrogen and oxygen atoms in total. The van der Waals surface area contributed by atoms with Crippen LogP contribution in [0.15, 0.2) is 48.5 Å². The topological polar surface area (TPSA) is 64.6 Å². The van der Waals surface area contributed by atoms with Crippen molar-refractivity contribution < 1.29 is 19.1 Å².